The van der Waals surface area contributed by atoms with E-state index in [9.17, 15) is 13.9 Å². The maximum atomic E-state index is 11.5. The highest BCUT2D eigenvalue weighted by Gasteiger charge is 2.19. The van der Waals surface area contributed by atoms with Gasteiger partial charge in [0.15, 0.2) is 0 Å². The first-order valence-electron chi connectivity index (χ1n) is 2.21. The van der Waals surface area contributed by atoms with Gasteiger partial charge in [-0.1, -0.05) is 5.92 Å². The molecule has 0 aliphatic heterocycles. The summed E-state index contributed by atoms with van der Waals surface area (Å²) in [5.41, 5.74) is 0. The Morgan fingerprint density at radius 2 is 2.11 bits per heavy atom. The van der Waals surface area contributed by atoms with Crippen LogP contribution in [0.3, 0.4) is 0 Å². The van der Waals surface area contributed by atoms with Gasteiger partial charge >= 0.3 is 5.38 Å². The minimum atomic E-state index is -3.48. The monoisotopic (exact) mass is 153 g/mol. The van der Waals surface area contributed by atoms with Gasteiger partial charge in [-0.2, -0.15) is 8.78 Å². The highest BCUT2D eigenvalue weighted by Crippen LogP contribution is 2.16. The predicted octanol–water partition coefficient (Wildman–Crippen LogP) is 1.64. The van der Waals surface area contributed by atoms with Crippen LogP contribution in [0.15, 0.2) is 0 Å². The number of halogens is 3. The van der Waals surface area contributed by atoms with Crippen LogP contribution in [0.2, 0.25) is 0 Å². The first-order valence-corrected chi connectivity index (χ1v) is 2.59. The van der Waals surface area contributed by atoms with Gasteiger partial charge in [0.25, 0.3) is 0 Å². The van der Waals surface area contributed by atoms with Gasteiger partial charge in [0.2, 0.25) is 0 Å². The van der Waals surface area contributed by atoms with E-state index in [1.165, 1.54) is 5.92 Å². The predicted molar refractivity (Wildman–Crippen MR) is 28.7 cm³/mol. The van der Waals surface area contributed by atoms with Crippen LogP contribution in [-0.4, -0.2) is 12.0 Å². The van der Waals surface area contributed by atoms with Crippen molar-refractivity contribution < 1.29 is 13.9 Å². The van der Waals surface area contributed by atoms with E-state index in [0.717, 1.165) is 0 Å². The van der Waals surface area contributed by atoms with Crippen LogP contribution in [-0.2, 0) is 5.11 Å². The Hall–Kier alpha value is -0.330. The molecule has 0 saturated carbocycles. The summed E-state index contributed by atoms with van der Waals surface area (Å²) in [5.74, 6) is 3.34. The zero-order valence-corrected chi connectivity index (χ0v) is 5.21. The summed E-state index contributed by atoms with van der Waals surface area (Å²) in [5, 5.41) is 6.15. The molecule has 0 spiro atoms. The van der Waals surface area contributed by atoms with Crippen LogP contribution in [0.4, 0.5) is 8.78 Å². The van der Waals surface area contributed by atoms with E-state index >= 15 is 0 Å². The third kappa shape index (κ3) is 7.67. The Morgan fingerprint density at radius 3 is 2.44 bits per heavy atom. The Morgan fingerprint density at radius 1 is 1.56 bits per heavy atom. The van der Waals surface area contributed by atoms with E-state index in [-0.39, 0.29) is 6.42 Å². The Labute approximate surface area is 56.6 Å². The molecule has 0 saturated heterocycles. The molecule has 0 amide bonds. The summed E-state index contributed by atoms with van der Waals surface area (Å²) in [4.78, 5) is 0. The van der Waals surface area contributed by atoms with Gasteiger partial charge in [-0.25, -0.2) is 5.11 Å². The highest BCUT2D eigenvalue weighted by atomic mass is 35.5. The molecule has 0 aromatic carbocycles. The van der Waals surface area contributed by atoms with E-state index in [1.54, 1.807) is 0 Å². The van der Waals surface area contributed by atoms with Crippen molar-refractivity contribution in [3.8, 4) is 11.8 Å². The molecular weight excluding hydrogens is 150 g/mol. The molecule has 0 aliphatic carbocycles. The highest BCUT2D eigenvalue weighted by molar-refractivity contribution is 6.23. The van der Waals surface area contributed by atoms with E-state index in [1.807, 2.05) is 5.92 Å². The molecule has 0 atom stereocenters. The van der Waals surface area contributed by atoms with Crippen molar-refractivity contribution in [2.24, 2.45) is 0 Å². The molecule has 0 aliphatic rings. The standard InChI is InChI=1S/C5H4ClF2O/c6-5(7,8)3-1-2-4-9/h2,4H2. The molecule has 0 aromatic heterocycles. The molecule has 1 nitrogen and oxygen atoms in total. The van der Waals surface area contributed by atoms with Gasteiger partial charge in [0, 0.05) is 6.42 Å². The molecule has 4 heteroatoms. The first kappa shape index (κ1) is 8.67. The quantitative estimate of drug-likeness (QED) is 0.403. The second-order valence-electron chi connectivity index (χ2n) is 1.25. The number of alkyl halides is 3. The smallest absolute Gasteiger partial charge is 0.236 e. The molecule has 0 rings (SSSR count). The van der Waals surface area contributed by atoms with Gasteiger partial charge in [0.05, 0.1) is 6.61 Å². The second kappa shape index (κ2) is 3.65. The van der Waals surface area contributed by atoms with Crippen molar-refractivity contribution in [3.05, 3.63) is 0 Å². The molecule has 0 fully saturated rings. The minimum absolute atomic E-state index is 0.0810. The molecule has 0 aromatic rings. The lowest BCUT2D eigenvalue weighted by Crippen LogP contribution is -1.99. The van der Waals surface area contributed by atoms with Crippen LogP contribution in [0.5, 0.6) is 0 Å². The Bertz CT molecular complexity index is 130. The van der Waals surface area contributed by atoms with Crippen molar-refractivity contribution in [1.82, 2.24) is 0 Å². The average molecular weight is 154 g/mol. The molecule has 1 radical (unpaired) electrons. The molecule has 51 valence electrons. The van der Waals surface area contributed by atoms with Gasteiger partial charge in [-0.15, -0.1) is 0 Å². The maximum Gasteiger partial charge on any atom is 0.385 e. The summed E-state index contributed by atoms with van der Waals surface area (Å²) in [6.45, 7) is -0.472. The Kier molecular flexibility index (Phi) is 3.52. The number of rotatable bonds is 1. The molecular formula is C5H4ClF2O. The largest absolute Gasteiger partial charge is 0.385 e. The lowest BCUT2D eigenvalue weighted by molar-refractivity contribution is 0.164. The first-order chi connectivity index (χ1) is 4.06. The molecule has 0 N–H and O–H groups in total. The zero-order chi connectivity index (χ0) is 7.33. The number of hydrogen-bond acceptors (Lipinski definition) is 0. The van der Waals surface area contributed by atoms with E-state index in [0.29, 0.717) is 0 Å². The molecule has 0 heterocycles. The lowest BCUT2D eigenvalue weighted by Gasteiger charge is -1.92. The average Bonchev–Trinajstić information content (AvgIpc) is 1.63. The fraction of sp³-hybridized carbons (Fsp3) is 0.600. The normalized spacial score (nSPS) is 10.2. The third-order valence-electron chi connectivity index (χ3n) is 0.457. The second-order valence-corrected chi connectivity index (χ2v) is 1.73. The zero-order valence-electron chi connectivity index (χ0n) is 4.46. The minimum Gasteiger partial charge on any atom is -0.236 e. The lowest BCUT2D eigenvalue weighted by atomic mass is 10.4. The van der Waals surface area contributed by atoms with Crippen LogP contribution >= 0.6 is 11.6 Å². The van der Waals surface area contributed by atoms with Gasteiger partial charge in [-0.3, -0.25) is 0 Å². The van der Waals surface area contributed by atoms with Gasteiger partial charge < -0.3 is 0 Å². The summed E-state index contributed by atoms with van der Waals surface area (Å²) in [7, 11) is 0. The molecule has 9 heavy (non-hydrogen) atoms. The van der Waals surface area contributed by atoms with Crippen LogP contribution < -0.4 is 0 Å². The number of hydrogen-bond donors (Lipinski definition) is 0. The SMILES string of the molecule is [O]CCC#CC(F)(F)Cl. The summed E-state index contributed by atoms with van der Waals surface area (Å²) in [6, 6.07) is 0. The van der Waals surface area contributed by atoms with Gasteiger partial charge in [0.1, 0.15) is 0 Å². The van der Waals surface area contributed by atoms with E-state index in [4.69, 9.17) is 0 Å². The third-order valence-corrected chi connectivity index (χ3v) is 0.552. The van der Waals surface area contributed by atoms with Gasteiger partial charge in [-0.05, 0) is 17.5 Å². The summed E-state index contributed by atoms with van der Waals surface area (Å²) in [6.07, 6.45) is -0.0810. The maximum absolute atomic E-state index is 11.5. The van der Waals surface area contributed by atoms with Crippen LogP contribution in [0.25, 0.3) is 0 Å². The van der Waals surface area contributed by atoms with E-state index in [2.05, 4.69) is 11.6 Å². The fourth-order valence-electron chi connectivity index (χ4n) is 0.214. The van der Waals surface area contributed by atoms with Crippen molar-refractivity contribution in [1.29, 1.82) is 0 Å². The van der Waals surface area contributed by atoms with Crippen LogP contribution in [0.1, 0.15) is 6.42 Å². The van der Waals surface area contributed by atoms with Crippen LogP contribution in [0, 0.1) is 11.8 Å². The van der Waals surface area contributed by atoms with Crippen molar-refractivity contribution in [2.75, 3.05) is 6.61 Å². The van der Waals surface area contributed by atoms with Crippen molar-refractivity contribution in [2.45, 2.75) is 11.8 Å². The summed E-state index contributed by atoms with van der Waals surface area (Å²) >= 11 is 4.36. The molecule has 0 unspecified atom stereocenters. The Balaban J connectivity index is 3.59. The fourth-order valence-corrected chi connectivity index (χ4v) is 0.281. The molecule has 0 bridgehead atoms. The van der Waals surface area contributed by atoms with Crippen molar-refractivity contribution in [3.63, 3.8) is 0 Å². The summed E-state index contributed by atoms with van der Waals surface area (Å²) < 4.78 is 23.1. The van der Waals surface area contributed by atoms with Crippen molar-refractivity contribution >= 4 is 11.6 Å². The van der Waals surface area contributed by atoms with E-state index < -0.39 is 12.0 Å². The topological polar surface area (TPSA) is 19.9 Å².